The number of nitrogens with one attached hydrogen (secondary N) is 2. The standard InChI is InChI=1S/C24H24FN3O4S/c1-2-16-26-24(30)21-10-6-7-11-22(21)27-23(29)17-28(19-8-4-3-5-9-19)33(31,32)20-14-12-18(25)13-15-20/h3-15H,2,16-17H2,1H3,(H,26,30)(H,27,29). The summed E-state index contributed by atoms with van der Waals surface area (Å²) in [5.74, 6) is -1.55. The number of anilines is 2. The normalized spacial score (nSPS) is 11.0. The lowest BCUT2D eigenvalue weighted by Gasteiger charge is -2.24. The first-order chi connectivity index (χ1) is 15.8. The van der Waals surface area contributed by atoms with Crippen molar-refractivity contribution in [3.63, 3.8) is 0 Å². The molecule has 2 N–H and O–H groups in total. The Hall–Kier alpha value is -3.72. The van der Waals surface area contributed by atoms with Crippen LogP contribution in [0.4, 0.5) is 15.8 Å². The fraction of sp³-hybridized carbons (Fsp3) is 0.167. The number of amides is 2. The number of nitrogens with zero attached hydrogens (tertiary/aromatic N) is 1. The number of hydrogen-bond donors (Lipinski definition) is 2. The lowest BCUT2D eigenvalue weighted by Crippen LogP contribution is -2.38. The topological polar surface area (TPSA) is 95.6 Å². The van der Waals surface area contributed by atoms with Gasteiger partial charge in [-0.1, -0.05) is 37.3 Å². The molecule has 3 aromatic carbocycles. The van der Waals surface area contributed by atoms with Crippen molar-refractivity contribution in [2.45, 2.75) is 18.2 Å². The van der Waals surface area contributed by atoms with Crippen LogP contribution in [0.3, 0.4) is 0 Å². The van der Waals surface area contributed by atoms with Crippen LogP contribution in [0.1, 0.15) is 23.7 Å². The number of para-hydroxylation sites is 2. The molecule has 33 heavy (non-hydrogen) atoms. The van der Waals surface area contributed by atoms with Crippen molar-refractivity contribution in [2.24, 2.45) is 0 Å². The minimum Gasteiger partial charge on any atom is -0.352 e. The molecule has 9 heteroatoms. The number of halogens is 1. The van der Waals surface area contributed by atoms with Gasteiger partial charge >= 0.3 is 0 Å². The molecule has 0 unspecified atom stereocenters. The molecule has 0 aliphatic rings. The smallest absolute Gasteiger partial charge is 0.264 e. The van der Waals surface area contributed by atoms with Crippen molar-refractivity contribution in [3.8, 4) is 0 Å². The summed E-state index contributed by atoms with van der Waals surface area (Å²) in [6, 6.07) is 19.0. The fourth-order valence-corrected chi connectivity index (χ4v) is 4.51. The zero-order valence-electron chi connectivity index (χ0n) is 18.0. The summed E-state index contributed by atoms with van der Waals surface area (Å²) >= 11 is 0. The molecule has 0 spiro atoms. The average molecular weight is 470 g/mol. The van der Waals surface area contributed by atoms with Gasteiger partial charge in [0.2, 0.25) is 5.91 Å². The third kappa shape index (κ3) is 5.95. The van der Waals surface area contributed by atoms with Gasteiger partial charge in [0.25, 0.3) is 15.9 Å². The zero-order chi connectivity index (χ0) is 23.8. The molecule has 0 bridgehead atoms. The molecule has 0 saturated heterocycles. The molecule has 3 rings (SSSR count). The van der Waals surface area contributed by atoms with Crippen LogP contribution in [0.5, 0.6) is 0 Å². The maximum atomic E-state index is 13.3. The molecule has 0 atom stereocenters. The molecule has 0 fully saturated rings. The third-order valence-corrected chi connectivity index (χ3v) is 6.50. The minimum atomic E-state index is -4.17. The molecule has 0 heterocycles. The van der Waals surface area contributed by atoms with Crippen LogP contribution < -0.4 is 14.9 Å². The Balaban J connectivity index is 1.88. The lowest BCUT2D eigenvalue weighted by molar-refractivity contribution is -0.114. The summed E-state index contributed by atoms with van der Waals surface area (Å²) in [4.78, 5) is 25.2. The highest BCUT2D eigenvalue weighted by Crippen LogP contribution is 2.24. The van der Waals surface area contributed by atoms with E-state index in [1.54, 1.807) is 54.6 Å². The molecule has 2 amide bonds. The van der Waals surface area contributed by atoms with Crippen LogP contribution in [0.25, 0.3) is 0 Å². The van der Waals surface area contributed by atoms with Gasteiger partial charge in [-0.05, 0) is 55.0 Å². The molecular formula is C24H24FN3O4S. The number of sulfonamides is 1. The summed E-state index contributed by atoms with van der Waals surface area (Å²) < 4.78 is 40.8. The Morgan fingerprint density at radius 3 is 2.21 bits per heavy atom. The molecular weight excluding hydrogens is 445 g/mol. The molecule has 172 valence electrons. The SMILES string of the molecule is CCCNC(=O)c1ccccc1NC(=O)CN(c1ccccc1)S(=O)(=O)c1ccc(F)cc1. The van der Waals surface area contributed by atoms with E-state index in [-0.39, 0.29) is 27.7 Å². The van der Waals surface area contributed by atoms with Gasteiger partial charge in [-0.2, -0.15) is 0 Å². The predicted molar refractivity (Wildman–Crippen MR) is 125 cm³/mol. The fourth-order valence-electron chi connectivity index (χ4n) is 3.09. The van der Waals surface area contributed by atoms with E-state index in [0.717, 1.165) is 35.0 Å². The Kier molecular flexibility index (Phi) is 7.78. The number of rotatable bonds is 9. The molecule has 0 aliphatic heterocycles. The van der Waals surface area contributed by atoms with Crippen molar-refractivity contribution >= 4 is 33.2 Å². The zero-order valence-corrected chi connectivity index (χ0v) is 18.8. The summed E-state index contributed by atoms with van der Waals surface area (Å²) in [7, 11) is -4.17. The van der Waals surface area contributed by atoms with Crippen molar-refractivity contribution in [3.05, 3.63) is 90.2 Å². The van der Waals surface area contributed by atoms with E-state index in [2.05, 4.69) is 10.6 Å². The van der Waals surface area contributed by atoms with E-state index in [1.807, 2.05) is 6.92 Å². The van der Waals surface area contributed by atoms with Crippen molar-refractivity contribution in [1.29, 1.82) is 0 Å². The first-order valence-electron chi connectivity index (χ1n) is 10.3. The highest BCUT2D eigenvalue weighted by atomic mass is 32.2. The molecule has 7 nitrogen and oxygen atoms in total. The highest BCUT2D eigenvalue weighted by molar-refractivity contribution is 7.92. The van der Waals surface area contributed by atoms with Gasteiger partial charge in [0, 0.05) is 6.54 Å². The van der Waals surface area contributed by atoms with Gasteiger partial charge in [0.1, 0.15) is 12.4 Å². The number of carbonyl (C=O) groups is 2. The molecule has 0 aliphatic carbocycles. The van der Waals surface area contributed by atoms with Crippen LogP contribution in [-0.4, -0.2) is 33.3 Å². The second-order valence-corrected chi connectivity index (χ2v) is 9.01. The Morgan fingerprint density at radius 2 is 1.55 bits per heavy atom. The van der Waals surface area contributed by atoms with Gasteiger partial charge in [-0.3, -0.25) is 13.9 Å². The van der Waals surface area contributed by atoms with Crippen molar-refractivity contribution in [1.82, 2.24) is 5.32 Å². The average Bonchev–Trinajstić information content (AvgIpc) is 2.82. The Bertz CT molecular complexity index is 1220. The molecule has 0 saturated carbocycles. The first-order valence-corrected chi connectivity index (χ1v) is 11.8. The van der Waals surface area contributed by atoms with Crippen LogP contribution in [0, 0.1) is 5.82 Å². The summed E-state index contributed by atoms with van der Waals surface area (Å²) in [6.07, 6.45) is 0.757. The van der Waals surface area contributed by atoms with Gasteiger partial charge in [0.15, 0.2) is 0 Å². The van der Waals surface area contributed by atoms with E-state index < -0.39 is 28.3 Å². The highest BCUT2D eigenvalue weighted by Gasteiger charge is 2.27. The second kappa shape index (κ2) is 10.7. The summed E-state index contributed by atoms with van der Waals surface area (Å²) in [5, 5.41) is 5.39. The van der Waals surface area contributed by atoms with Gasteiger partial charge < -0.3 is 10.6 Å². The molecule has 3 aromatic rings. The number of benzene rings is 3. The summed E-state index contributed by atoms with van der Waals surface area (Å²) in [5.41, 5.74) is 0.807. The van der Waals surface area contributed by atoms with Crippen LogP contribution in [0.2, 0.25) is 0 Å². The van der Waals surface area contributed by atoms with Crippen LogP contribution in [0.15, 0.2) is 83.8 Å². The van der Waals surface area contributed by atoms with Gasteiger partial charge in [-0.25, -0.2) is 12.8 Å². The van der Waals surface area contributed by atoms with E-state index in [0.29, 0.717) is 6.54 Å². The maximum absolute atomic E-state index is 13.3. The molecule has 0 aromatic heterocycles. The maximum Gasteiger partial charge on any atom is 0.264 e. The molecule has 0 radical (unpaired) electrons. The minimum absolute atomic E-state index is 0.153. The number of carbonyl (C=O) groups excluding carboxylic acids is 2. The second-order valence-electron chi connectivity index (χ2n) is 7.15. The Morgan fingerprint density at radius 1 is 0.909 bits per heavy atom. The van der Waals surface area contributed by atoms with Crippen molar-refractivity contribution in [2.75, 3.05) is 22.7 Å². The van der Waals surface area contributed by atoms with E-state index >= 15 is 0 Å². The first kappa shape index (κ1) is 23.9. The largest absolute Gasteiger partial charge is 0.352 e. The lowest BCUT2D eigenvalue weighted by atomic mass is 10.1. The summed E-state index contributed by atoms with van der Waals surface area (Å²) in [6.45, 7) is 1.86. The van der Waals surface area contributed by atoms with E-state index in [9.17, 15) is 22.4 Å². The quantitative estimate of drug-likeness (QED) is 0.498. The number of hydrogen-bond acceptors (Lipinski definition) is 4. The monoisotopic (exact) mass is 469 g/mol. The van der Waals surface area contributed by atoms with Gasteiger partial charge in [0.05, 0.1) is 21.8 Å². The predicted octanol–water partition coefficient (Wildman–Crippen LogP) is 3.80. The van der Waals surface area contributed by atoms with Crippen LogP contribution >= 0.6 is 0 Å². The van der Waals surface area contributed by atoms with Crippen molar-refractivity contribution < 1.29 is 22.4 Å². The third-order valence-electron chi connectivity index (χ3n) is 4.71. The van der Waals surface area contributed by atoms with E-state index in [1.165, 1.54) is 0 Å². The van der Waals surface area contributed by atoms with E-state index in [4.69, 9.17) is 0 Å². The van der Waals surface area contributed by atoms with Gasteiger partial charge in [-0.15, -0.1) is 0 Å². The van der Waals surface area contributed by atoms with Crippen LogP contribution in [-0.2, 0) is 14.8 Å². The Labute approximate surface area is 192 Å².